The zero-order valence-corrected chi connectivity index (χ0v) is 28.7. The molecule has 0 unspecified atom stereocenters. The highest BCUT2D eigenvalue weighted by molar-refractivity contribution is 5.97. The number of benzene rings is 6. The number of aromatic hydroxyl groups is 1. The van der Waals surface area contributed by atoms with Crippen LogP contribution in [0.3, 0.4) is 0 Å². The molecule has 0 fully saturated rings. The van der Waals surface area contributed by atoms with Crippen LogP contribution in [0.25, 0.3) is 61.6 Å². The molecule has 0 bridgehead atoms. The maximum absolute atomic E-state index is 14.6. The van der Waals surface area contributed by atoms with Gasteiger partial charge in [0.1, 0.15) is 17.4 Å². The Morgan fingerprint density at radius 3 is 2.06 bits per heavy atom. The summed E-state index contributed by atoms with van der Waals surface area (Å²) in [5, 5.41) is 10.9. The quantitative estimate of drug-likeness (QED) is 0.184. The second-order valence-corrected chi connectivity index (χ2v) is 13.4. The van der Waals surface area contributed by atoms with Crippen molar-refractivity contribution < 1.29 is 9.50 Å². The molecule has 0 aliphatic carbocycles. The van der Waals surface area contributed by atoms with Crippen molar-refractivity contribution in [2.75, 3.05) is 0 Å². The number of phenolic OH excluding ortho intramolecular Hbond substituents is 1. The number of fused-ring (bicyclic) bond motifs is 1. The van der Waals surface area contributed by atoms with Crippen molar-refractivity contribution >= 4 is 11.0 Å². The van der Waals surface area contributed by atoms with Gasteiger partial charge in [-0.05, 0) is 83.3 Å². The number of para-hydroxylation sites is 2. The molecule has 51 heavy (non-hydrogen) atoms. The summed E-state index contributed by atoms with van der Waals surface area (Å²) in [5.74, 6) is -0.0332. The van der Waals surface area contributed by atoms with Crippen LogP contribution in [0.4, 0.5) is 4.39 Å². The van der Waals surface area contributed by atoms with E-state index in [0.717, 1.165) is 61.4 Å². The first-order chi connectivity index (χ1) is 24.8. The molecular formula is C46H36FN3O. The molecule has 0 saturated carbocycles. The molecule has 0 spiro atoms. The lowest BCUT2D eigenvalue weighted by Crippen LogP contribution is -2.20. The van der Waals surface area contributed by atoms with Gasteiger partial charge in [-0.25, -0.2) is 9.37 Å². The van der Waals surface area contributed by atoms with Gasteiger partial charge in [0.25, 0.3) is 0 Å². The Balaban J connectivity index is 1.36. The maximum atomic E-state index is 14.6. The summed E-state index contributed by atoms with van der Waals surface area (Å²) in [5.41, 5.74) is 12.0. The molecule has 8 rings (SSSR count). The number of pyridine rings is 1. The van der Waals surface area contributed by atoms with E-state index in [1.165, 1.54) is 23.8 Å². The highest BCUT2D eigenvalue weighted by atomic mass is 19.1. The Morgan fingerprint density at radius 1 is 0.627 bits per heavy atom. The Bertz CT molecular complexity index is 2520. The molecular weight excluding hydrogens is 630 g/mol. The van der Waals surface area contributed by atoms with Gasteiger partial charge in [0.15, 0.2) is 0 Å². The molecule has 2 heterocycles. The number of rotatable bonds is 7. The van der Waals surface area contributed by atoms with Crippen molar-refractivity contribution in [1.82, 2.24) is 14.5 Å². The number of aryl methyl sites for hydroxylation is 1. The molecule has 0 aliphatic rings. The molecule has 0 saturated heterocycles. The lowest BCUT2D eigenvalue weighted by Gasteiger charge is -2.29. The van der Waals surface area contributed by atoms with Crippen LogP contribution in [0.2, 0.25) is 0 Å². The molecule has 6 aromatic carbocycles. The zero-order valence-electron chi connectivity index (χ0n) is 28.7. The van der Waals surface area contributed by atoms with Crippen LogP contribution in [0, 0.1) is 12.7 Å². The summed E-state index contributed by atoms with van der Waals surface area (Å²) in [7, 11) is 0. The van der Waals surface area contributed by atoms with Gasteiger partial charge < -0.3 is 5.11 Å². The lowest BCUT2D eigenvalue weighted by molar-refractivity contribution is 0.474. The summed E-state index contributed by atoms with van der Waals surface area (Å²) in [6.07, 6.45) is 1.98. The van der Waals surface area contributed by atoms with E-state index < -0.39 is 5.82 Å². The van der Waals surface area contributed by atoms with Crippen LogP contribution in [0.15, 0.2) is 158 Å². The molecule has 8 aromatic rings. The minimum atomic E-state index is -0.447. The Kier molecular flexibility index (Phi) is 8.04. The number of nitrogens with zero attached hydrogens (tertiary/aromatic N) is 3. The van der Waals surface area contributed by atoms with Crippen molar-refractivity contribution in [3.8, 4) is 56.3 Å². The van der Waals surface area contributed by atoms with Crippen LogP contribution >= 0.6 is 0 Å². The molecule has 0 radical (unpaired) electrons. The zero-order chi connectivity index (χ0) is 35.1. The Morgan fingerprint density at radius 2 is 1.33 bits per heavy atom. The highest BCUT2D eigenvalue weighted by Gasteiger charge is 2.28. The van der Waals surface area contributed by atoms with Crippen LogP contribution in [-0.2, 0) is 5.41 Å². The number of phenols is 1. The van der Waals surface area contributed by atoms with Gasteiger partial charge in [-0.15, -0.1) is 0 Å². The fraction of sp³-hybridized carbons (Fsp3) is 0.0870. The van der Waals surface area contributed by atoms with Crippen LogP contribution in [0.5, 0.6) is 5.75 Å². The molecule has 248 valence electrons. The molecule has 2 aromatic heterocycles. The Hall–Kier alpha value is -6.33. The van der Waals surface area contributed by atoms with Crippen LogP contribution in [-0.4, -0.2) is 19.6 Å². The smallest absolute Gasteiger partial charge is 0.149 e. The molecule has 0 amide bonds. The van der Waals surface area contributed by atoms with Crippen LogP contribution in [0.1, 0.15) is 30.5 Å². The number of hydrogen-bond acceptors (Lipinski definition) is 3. The number of aromatic nitrogens is 3. The van der Waals surface area contributed by atoms with E-state index in [9.17, 15) is 9.50 Å². The Labute approximate surface area is 297 Å². The van der Waals surface area contributed by atoms with Gasteiger partial charge in [0, 0.05) is 34.0 Å². The third kappa shape index (κ3) is 5.77. The summed E-state index contributed by atoms with van der Waals surface area (Å²) >= 11 is 0. The van der Waals surface area contributed by atoms with Gasteiger partial charge >= 0.3 is 0 Å². The fourth-order valence-electron chi connectivity index (χ4n) is 7.14. The molecule has 0 aliphatic heterocycles. The summed E-state index contributed by atoms with van der Waals surface area (Å²) in [6, 6.07) is 49.6. The minimum absolute atomic E-state index is 0.0411. The van der Waals surface area contributed by atoms with Crippen LogP contribution < -0.4 is 0 Å². The normalized spacial score (nSPS) is 11.6. The molecule has 1 N–H and O–H groups in total. The predicted octanol–water partition coefficient (Wildman–Crippen LogP) is 11.6. The number of halogens is 1. The van der Waals surface area contributed by atoms with Crippen molar-refractivity contribution in [1.29, 1.82) is 0 Å². The lowest BCUT2D eigenvalue weighted by atomic mass is 9.75. The first kappa shape index (κ1) is 31.9. The van der Waals surface area contributed by atoms with E-state index >= 15 is 0 Å². The molecule has 4 nitrogen and oxygen atoms in total. The number of imidazole rings is 1. The van der Waals surface area contributed by atoms with E-state index in [1.807, 2.05) is 77.5 Å². The third-order valence-corrected chi connectivity index (χ3v) is 9.87. The van der Waals surface area contributed by atoms with E-state index in [4.69, 9.17) is 9.97 Å². The van der Waals surface area contributed by atoms with Gasteiger partial charge in [-0.2, -0.15) is 0 Å². The summed E-state index contributed by atoms with van der Waals surface area (Å²) < 4.78 is 16.6. The fourth-order valence-corrected chi connectivity index (χ4v) is 7.14. The minimum Gasteiger partial charge on any atom is -0.507 e. The molecule has 0 atom stereocenters. The van der Waals surface area contributed by atoms with E-state index in [1.54, 1.807) is 0 Å². The van der Waals surface area contributed by atoms with E-state index in [-0.39, 0.29) is 11.2 Å². The average molecular weight is 666 g/mol. The average Bonchev–Trinajstić information content (AvgIpc) is 3.56. The number of hydrogen-bond donors (Lipinski definition) is 1. The molecule has 5 heteroatoms. The van der Waals surface area contributed by atoms with Crippen molar-refractivity contribution in [2.45, 2.75) is 26.2 Å². The van der Waals surface area contributed by atoms with Crippen molar-refractivity contribution in [3.05, 3.63) is 180 Å². The maximum Gasteiger partial charge on any atom is 0.149 e. The largest absolute Gasteiger partial charge is 0.507 e. The van der Waals surface area contributed by atoms with Crippen molar-refractivity contribution in [3.63, 3.8) is 0 Å². The van der Waals surface area contributed by atoms with Gasteiger partial charge in [-0.1, -0.05) is 117 Å². The summed E-state index contributed by atoms with van der Waals surface area (Å²) in [6.45, 7) is 6.65. The predicted molar refractivity (Wildman–Crippen MR) is 206 cm³/mol. The topological polar surface area (TPSA) is 50.9 Å². The van der Waals surface area contributed by atoms with E-state index in [2.05, 4.69) is 87.5 Å². The van der Waals surface area contributed by atoms with Gasteiger partial charge in [0.05, 0.1) is 22.3 Å². The van der Waals surface area contributed by atoms with E-state index in [0.29, 0.717) is 11.4 Å². The highest BCUT2D eigenvalue weighted by Crippen LogP contribution is 2.42. The van der Waals surface area contributed by atoms with Crippen molar-refractivity contribution in [2.24, 2.45) is 0 Å². The van der Waals surface area contributed by atoms with Gasteiger partial charge in [-0.3, -0.25) is 9.55 Å². The summed E-state index contributed by atoms with van der Waals surface area (Å²) in [4.78, 5) is 10.2. The monoisotopic (exact) mass is 665 g/mol. The SMILES string of the molecule is Cc1cc(-c2cc(-c3cccc4c3nc(-c3cc(F)ccc3O)n4-c3ccccc3)ccc2C(C)(C)c2ccccc2)ncc1-c1ccccc1. The van der Waals surface area contributed by atoms with Gasteiger partial charge in [0.2, 0.25) is 0 Å². The third-order valence-electron chi connectivity index (χ3n) is 9.87. The first-order valence-corrected chi connectivity index (χ1v) is 17.1. The first-order valence-electron chi connectivity index (χ1n) is 17.1. The second-order valence-electron chi connectivity index (χ2n) is 13.4. The standard InChI is InChI=1S/C46H36FN3O/c1-30-26-41(48-29-39(30)31-14-7-4-8-15-31)37-27-32(22-24-40(37)46(2,3)33-16-9-5-10-17-33)36-20-13-21-42-44(36)49-45(38-28-34(47)23-25-43(38)51)50(42)35-18-11-6-12-19-35/h4-29,51H,1-3H3. The second kappa shape index (κ2) is 12.8.